The van der Waals surface area contributed by atoms with E-state index in [-0.39, 0.29) is 30.8 Å². The van der Waals surface area contributed by atoms with Gasteiger partial charge < -0.3 is 9.84 Å². The van der Waals surface area contributed by atoms with Gasteiger partial charge in [-0.15, -0.1) is 0 Å². The number of aryl methyl sites for hydroxylation is 2. The van der Waals surface area contributed by atoms with Crippen molar-refractivity contribution in [2.24, 2.45) is 0 Å². The van der Waals surface area contributed by atoms with Crippen LogP contribution in [0.1, 0.15) is 73.3 Å². The van der Waals surface area contributed by atoms with Gasteiger partial charge in [0.25, 0.3) is 0 Å². The summed E-state index contributed by atoms with van der Waals surface area (Å²) in [7, 11) is 0. The summed E-state index contributed by atoms with van der Waals surface area (Å²) < 4.78 is 46.4. The second-order valence-electron chi connectivity index (χ2n) is 8.68. The summed E-state index contributed by atoms with van der Waals surface area (Å²) in [6, 6.07) is 10.2. The van der Waals surface area contributed by atoms with E-state index < -0.39 is 17.7 Å². The Morgan fingerprint density at radius 2 is 1.88 bits per heavy atom. The van der Waals surface area contributed by atoms with Crippen molar-refractivity contribution in [2.75, 3.05) is 6.61 Å². The summed E-state index contributed by atoms with van der Waals surface area (Å²) in [5.74, 6) is -0.618. The Bertz CT molecular complexity index is 1020. The summed E-state index contributed by atoms with van der Waals surface area (Å²) in [5, 5.41) is 8.81. The number of carboxylic acid groups (broad SMARTS) is 1. The molecule has 1 aliphatic carbocycles. The Morgan fingerprint density at radius 1 is 1.12 bits per heavy atom. The van der Waals surface area contributed by atoms with Crippen LogP contribution in [0.3, 0.4) is 0 Å². The highest BCUT2D eigenvalue weighted by Crippen LogP contribution is 2.39. The fourth-order valence-corrected chi connectivity index (χ4v) is 4.26. The third kappa shape index (κ3) is 5.72. The average Bonchev–Trinajstić information content (AvgIpc) is 3.18. The standard InChI is InChI=1S/C26H29F3O3/c1-16(2)23-13-17(3)7-11-22(23)21-6-4-5-19(21)15-32-20-10-8-18(9-12-25(30)31)24(14-20)26(27,28)29/h7-8,10-11,13-14,16H,4-6,9,12,15H2,1-3H3,(H,30,31). The van der Waals surface area contributed by atoms with Crippen LogP contribution in [-0.4, -0.2) is 17.7 Å². The number of hydrogen-bond donors (Lipinski definition) is 1. The Labute approximate surface area is 186 Å². The predicted molar refractivity (Wildman–Crippen MR) is 119 cm³/mol. The number of ether oxygens (including phenoxy) is 1. The third-order valence-electron chi connectivity index (χ3n) is 5.89. The number of allylic oxidation sites excluding steroid dienone is 1. The van der Waals surface area contributed by atoms with E-state index in [9.17, 15) is 18.0 Å². The summed E-state index contributed by atoms with van der Waals surface area (Å²) >= 11 is 0. The molecule has 0 bridgehead atoms. The first-order chi connectivity index (χ1) is 15.1. The monoisotopic (exact) mass is 446 g/mol. The maximum atomic E-state index is 13.5. The average molecular weight is 447 g/mol. The van der Waals surface area contributed by atoms with Gasteiger partial charge in [-0.2, -0.15) is 13.2 Å². The van der Waals surface area contributed by atoms with Crippen LogP contribution in [-0.2, 0) is 17.4 Å². The first kappa shape index (κ1) is 23.9. The second kappa shape index (κ2) is 9.80. The van der Waals surface area contributed by atoms with E-state index >= 15 is 0 Å². The molecule has 0 aromatic heterocycles. The number of rotatable bonds is 8. The molecule has 1 N–H and O–H groups in total. The lowest BCUT2D eigenvalue weighted by Gasteiger charge is -2.18. The molecular weight excluding hydrogens is 417 g/mol. The Hall–Kier alpha value is -2.76. The van der Waals surface area contributed by atoms with E-state index in [1.807, 2.05) is 0 Å². The van der Waals surface area contributed by atoms with Gasteiger partial charge in [0.15, 0.2) is 0 Å². The molecular formula is C26H29F3O3. The van der Waals surface area contributed by atoms with Gasteiger partial charge in [-0.3, -0.25) is 4.79 Å². The smallest absolute Gasteiger partial charge is 0.416 e. The highest BCUT2D eigenvalue weighted by Gasteiger charge is 2.34. The molecule has 2 aromatic rings. The van der Waals surface area contributed by atoms with Crippen LogP contribution in [0.5, 0.6) is 5.75 Å². The zero-order valence-corrected chi connectivity index (χ0v) is 18.7. The van der Waals surface area contributed by atoms with Crippen LogP contribution in [0.2, 0.25) is 0 Å². The first-order valence-corrected chi connectivity index (χ1v) is 10.9. The molecule has 6 heteroatoms. The van der Waals surface area contributed by atoms with Gasteiger partial charge in [0.2, 0.25) is 0 Å². The Kier molecular flexibility index (Phi) is 7.32. The number of benzene rings is 2. The van der Waals surface area contributed by atoms with E-state index in [0.29, 0.717) is 5.92 Å². The van der Waals surface area contributed by atoms with Crippen molar-refractivity contribution < 1.29 is 27.8 Å². The lowest BCUT2D eigenvalue weighted by Crippen LogP contribution is -2.11. The van der Waals surface area contributed by atoms with Crippen molar-refractivity contribution >= 4 is 11.5 Å². The molecule has 0 amide bonds. The maximum absolute atomic E-state index is 13.5. The topological polar surface area (TPSA) is 46.5 Å². The zero-order valence-electron chi connectivity index (χ0n) is 18.7. The van der Waals surface area contributed by atoms with Gasteiger partial charge in [-0.1, -0.05) is 43.7 Å². The number of carbonyl (C=O) groups is 1. The lowest BCUT2D eigenvalue weighted by molar-refractivity contribution is -0.140. The number of carboxylic acids is 1. The van der Waals surface area contributed by atoms with Gasteiger partial charge in [-0.05, 0) is 78.5 Å². The minimum Gasteiger partial charge on any atom is -0.489 e. The van der Waals surface area contributed by atoms with Crippen molar-refractivity contribution in [2.45, 2.75) is 65.0 Å². The van der Waals surface area contributed by atoms with E-state index in [4.69, 9.17) is 9.84 Å². The van der Waals surface area contributed by atoms with Crippen LogP contribution < -0.4 is 4.74 Å². The summed E-state index contributed by atoms with van der Waals surface area (Å²) in [6.45, 7) is 6.64. The van der Waals surface area contributed by atoms with Gasteiger partial charge >= 0.3 is 12.1 Å². The molecule has 0 heterocycles. The van der Waals surface area contributed by atoms with Gasteiger partial charge in [0, 0.05) is 6.42 Å². The van der Waals surface area contributed by atoms with E-state index in [1.165, 1.54) is 34.4 Å². The zero-order chi connectivity index (χ0) is 23.5. The van der Waals surface area contributed by atoms with Gasteiger partial charge in [0.1, 0.15) is 12.4 Å². The molecule has 0 atom stereocenters. The molecule has 0 radical (unpaired) electrons. The molecule has 2 aromatic carbocycles. The first-order valence-electron chi connectivity index (χ1n) is 10.9. The van der Waals surface area contributed by atoms with Crippen molar-refractivity contribution in [3.63, 3.8) is 0 Å². The summed E-state index contributed by atoms with van der Waals surface area (Å²) in [5.41, 5.74) is 5.19. The molecule has 172 valence electrons. The molecule has 0 saturated heterocycles. The highest BCUT2D eigenvalue weighted by atomic mass is 19.4. The van der Waals surface area contributed by atoms with Crippen molar-refractivity contribution in [1.82, 2.24) is 0 Å². The Balaban J connectivity index is 1.85. The van der Waals surface area contributed by atoms with E-state index in [2.05, 4.69) is 39.0 Å². The summed E-state index contributed by atoms with van der Waals surface area (Å²) in [6.07, 6.45) is -2.30. The van der Waals surface area contributed by atoms with Gasteiger partial charge in [0.05, 0.1) is 5.56 Å². The molecule has 0 saturated carbocycles. The number of aliphatic carboxylic acids is 1. The lowest BCUT2D eigenvalue weighted by atomic mass is 9.89. The van der Waals surface area contributed by atoms with Crippen molar-refractivity contribution in [1.29, 1.82) is 0 Å². The molecule has 0 fully saturated rings. The number of hydrogen-bond acceptors (Lipinski definition) is 2. The predicted octanol–water partition coefficient (Wildman–Crippen LogP) is 7.17. The molecule has 3 rings (SSSR count). The van der Waals surface area contributed by atoms with Crippen LogP contribution in [0, 0.1) is 6.92 Å². The molecule has 0 spiro atoms. The van der Waals surface area contributed by atoms with E-state index in [1.54, 1.807) is 0 Å². The van der Waals surface area contributed by atoms with Crippen molar-refractivity contribution in [3.8, 4) is 5.75 Å². The molecule has 3 nitrogen and oxygen atoms in total. The van der Waals surface area contributed by atoms with Crippen LogP contribution >= 0.6 is 0 Å². The number of halogens is 3. The molecule has 0 aliphatic heterocycles. The van der Waals surface area contributed by atoms with E-state index in [0.717, 1.165) is 30.9 Å². The van der Waals surface area contributed by atoms with Crippen molar-refractivity contribution in [3.05, 3.63) is 69.8 Å². The largest absolute Gasteiger partial charge is 0.489 e. The minimum atomic E-state index is -4.57. The second-order valence-corrected chi connectivity index (χ2v) is 8.68. The fourth-order valence-electron chi connectivity index (χ4n) is 4.26. The third-order valence-corrected chi connectivity index (χ3v) is 5.89. The normalized spacial score (nSPS) is 14.3. The number of alkyl halides is 3. The minimum absolute atomic E-state index is 0.0331. The maximum Gasteiger partial charge on any atom is 0.416 e. The quantitative estimate of drug-likeness (QED) is 0.467. The van der Waals surface area contributed by atoms with Crippen LogP contribution in [0.15, 0.2) is 42.0 Å². The molecule has 32 heavy (non-hydrogen) atoms. The van der Waals surface area contributed by atoms with Crippen LogP contribution in [0.25, 0.3) is 5.57 Å². The summed E-state index contributed by atoms with van der Waals surface area (Å²) in [4.78, 5) is 10.8. The van der Waals surface area contributed by atoms with Crippen LogP contribution in [0.4, 0.5) is 13.2 Å². The fraction of sp³-hybridized carbons (Fsp3) is 0.423. The SMILES string of the molecule is Cc1ccc(C2=C(COc3ccc(CCC(=O)O)c(C(F)(F)F)c3)CCC2)c(C(C)C)c1. The highest BCUT2D eigenvalue weighted by molar-refractivity contribution is 5.74. The molecule has 0 unspecified atom stereocenters. The molecule has 1 aliphatic rings. The van der Waals surface area contributed by atoms with Gasteiger partial charge in [-0.25, -0.2) is 0 Å². The Morgan fingerprint density at radius 3 is 2.53 bits per heavy atom.